The molecule has 1 aromatic carbocycles. The van der Waals surface area contributed by atoms with Crippen molar-refractivity contribution in [1.82, 2.24) is 15.2 Å². The van der Waals surface area contributed by atoms with Crippen molar-refractivity contribution in [3.63, 3.8) is 0 Å². The van der Waals surface area contributed by atoms with E-state index in [9.17, 15) is 14.4 Å². The van der Waals surface area contributed by atoms with Gasteiger partial charge in [-0.3, -0.25) is 24.3 Å². The summed E-state index contributed by atoms with van der Waals surface area (Å²) < 4.78 is 0. The van der Waals surface area contributed by atoms with Crippen molar-refractivity contribution in [3.8, 4) is 0 Å². The SMILES string of the molecule is O=C(NC1CC1)c1ccc2c(c1)C(=O)N(Cc1ccncc1)C2=O. The summed E-state index contributed by atoms with van der Waals surface area (Å²) in [6, 6.07) is 8.43. The maximum atomic E-state index is 12.6. The van der Waals surface area contributed by atoms with E-state index in [-0.39, 0.29) is 35.9 Å². The zero-order chi connectivity index (χ0) is 16.7. The van der Waals surface area contributed by atoms with Crippen LogP contribution in [0.15, 0.2) is 42.7 Å². The van der Waals surface area contributed by atoms with Gasteiger partial charge in [-0.05, 0) is 48.7 Å². The molecule has 120 valence electrons. The summed E-state index contributed by atoms with van der Waals surface area (Å²) in [7, 11) is 0. The number of carbonyl (C=O) groups is 3. The van der Waals surface area contributed by atoms with Gasteiger partial charge >= 0.3 is 0 Å². The summed E-state index contributed by atoms with van der Waals surface area (Å²) in [6.45, 7) is 0.193. The van der Waals surface area contributed by atoms with Crippen molar-refractivity contribution in [2.75, 3.05) is 0 Å². The maximum Gasteiger partial charge on any atom is 0.261 e. The quantitative estimate of drug-likeness (QED) is 0.871. The highest BCUT2D eigenvalue weighted by Gasteiger charge is 2.36. The Bertz CT molecular complexity index is 844. The average molecular weight is 321 g/mol. The summed E-state index contributed by atoms with van der Waals surface area (Å²) in [4.78, 5) is 42.3. The van der Waals surface area contributed by atoms with Crippen LogP contribution in [0.25, 0.3) is 0 Å². The van der Waals surface area contributed by atoms with Gasteiger partial charge in [0.2, 0.25) is 0 Å². The van der Waals surface area contributed by atoms with Crippen molar-refractivity contribution in [2.45, 2.75) is 25.4 Å². The van der Waals surface area contributed by atoms with Gasteiger partial charge in [0.15, 0.2) is 0 Å². The monoisotopic (exact) mass is 321 g/mol. The molecule has 4 rings (SSSR count). The van der Waals surface area contributed by atoms with Crippen molar-refractivity contribution in [1.29, 1.82) is 0 Å². The number of carbonyl (C=O) groups excluding carboxylic acids is 3. The topological polar surface area (TPSA) is 79.4 Å². The predicted octanol–water partition coefficient (Wildman–Crippen LogP) is 1.77. The Balaban J connectivity index is 1.59. The minimum atomic E-state index is -0.368. The van der Waals surface area contributed by atoms with Crippen LogP contribution in [0, 0.1) is 0 Å². The third-order valence-corrected chi connectivity index (χ3v) is 4.24. The molecule has 1 saturated carbocycles. The Kier molecular flexibility index (Phi) is 3.37. The lowest BCUT2D eigenvalue weighted by Crippen LogP contribution is -2.29. The summed E-state index contributed by atoms with van der Waals surface area (Å²) in [5.74, 6) is -0.901. The number of hydrogen-bond acceptors (Lipinski definition) is 4. The summed E-state index contributed by atoms with van der Waals surface area (Å²) >= 11 is 0. The molecule has 6 nitrogen and oxygen atoms in total. The first kappa shape index (κ1) is 14.6. The highest BCUT2D eigenvalue weighted by molar-refractivity contribution is 6.22. The third-order valence-electron chi connectivity index (χ3n) is 4.24. The van der Waals surface area contributed by atoms with E-state index in [1.807, 2.05) is 0 Å². The fraction of sp³-hybridized carbons (Fsp3) is 0.222. The van der Waals surface area contributed by atoms with E-state index in [1.165, 1.54) is 11.0 Å². The molecule has 1 N–H and O–H groups in total. The van der Waals surface area contributed by atoms with Crippen LogP contribution >= 0.6 is 0 Å². The molecule has 0 bridgehead atoms. The van der Waals surface area contributed by atoms with Gasteiger partial charge in [0.05, 0.1) is 17.7 Å². The van der Waals surface area contributed by atoms with Crippen LogP contribution in [0.1, 0.15) is 49.5 Å². The summed E-state index contributed by atoms with van der Waals surface area (Å²) in [5.41, 5.74) is 1.87. The lowest BCUT2D eigenvalue weighted by Gasteiger charge is -2.13. The van der Waals surface area contributed by atoms with Gasteiger partial charge in [0.1, 0.15) is 0 Å². The van der Waals surface area contributed by atoms with E-state index in [0.29, 0.717) is 11.1 Å². The first-order chi connectivity index (χ1) is 11.6. The second-order valence-corrected chi connectivity index (χ2v) is 6.06. The molecule has 0 spiro atoms. The Morgan fingerprint density at radius 2 is 1.79 bits per heavy atom. The molecule has 0 atom stereocenters. The van der Waals surface area contributed by atoms with Crippen LogP contribution in [-0.2, 0) is 6.54 Å². The standard InChI is InChI=1S/C18H15N3O3/c22-16(20-13-2-3-13)12-1-4-14-15(9-12)18(24)21(17(14)23)10-11-5-7-19-8-6-11/h1,4-9,13H,2-3,10H2,(H,20,22). The number of benzene rings is 1. The molecule has 2 aliphatic rings. The number of aromatic nitrogens is 1. The molecule has 0 unspecified atom stereocenters. The molecule has 6 heteroatoms. The van der Waals surface area contributed by atoms with Gasteiger partial charge < -0.3 is 5.32 Å². The summed E-state index contributed by atoms with van der Waals surface area (Å²) in [5, 5.41) is 2.88. The van der Waals surface area contributed by atoms with Crippen molar-refractivity contribution < 1.29 is 14.4 Å². The first-order valence-corrected chi connectivity index (χ1v) is 7.83. The molecule has 2 heterocycles. The second kappa shape index (κ2) is 5.56. The highest BCUT2D eigenvalue weighted by Crippen LogP contribution is 2.26. The molecule has 1 aromatic heterocycles. The molecule has 24 heavy (non-hydrogen) atoms. The Labute approximate surface area is 138 Å². The lowest BCUT2D eigenvalue weighted by molar-refractivity contribution is 0.0642. The number of pyridine rings is 1. The zero-order valence-corrected chi connectivity index (χ0v) is 12.9. The normalized spacial score (nSPS) is 16.2. The van der Waals surface area contributed by atoms with Crippen LogP contribution in [0.2, 0.25) is 0 Å². The Morgan fingerprint density at radius 3 is 2.50 bits per heavy atom. The van der Waals surface area contributed by atoms with Gasteiger partial charge in [-0.15, -0.1) is 0 Å². The summed E-state index contributed by atoms with van der Waals surface area (Å²) in [6.07, 6.45) is 5.23. The molecular formula is C18H15N3O3. The van der Waals surface area contributed by atoms with Gasteiger partial charge in [-0.25, -0.2) is 0 Å². The van der Waals surface area contributed by atoms with E-state index in [1.54, 1.807) is 36.7 Å². The number of rotatable bonds is 4. The van der Waals surface area contributed by atoms with Crippen LogP contribution in [0.3, 0.4) is 0 Å². The van der Waals surface area contributed by atoms with Crippen molar-refractivity contribution in [3.05, 3.63) is 65.0 Å². The van der Waals surface area contributed by atoms with E-state index in [2.05, 4.69) is 10.3 Å². The average Bonchev–Trinajstić information content (AvgIpc) is 3.39. The van der Waals surface area contributed by atoms with E-state index < -0.39 is 0 Å². The molecular weight excluding hydrogens is 306 g/mol. The number of fused-ring (bicyclic) bond motifs is 1. The number of amides is 3. The molecule has 0 saturated heterocycles. The highest BCUT2D eigenvalue weighted by atomic mass is 16.2. The number of nitrogens with one attached hydrogen (secondary N) is 1. The van der Waals surface area contributed by atoms with Gasteiger partial charge in [0, 0.05) is 24.0 Å². The predicted molar refractivity (Wildman–Crippen MR) is 85.4 cm³/mol. The number of imide groups is 1. The van der Waals surface area contributed by atoms with E-state index >= 15 is 0 Å². The van der Waals surface area contributed by atoms with Crippen LogP contribution in [0.4, 0.5) is 0 Å². The van der Waals surface area contributed by atoms with Gasteiger partial charge in [-0.1, -0.05) is 0 Å². The van der Waals surface area contributed by atoms with Crippen LogP contribution in [-0.4, -0.2) is 33.6 Å². The minimum absolute atomic E-state index is 0.193. The zero-order valence-electron chi connectivity index (χ0n) is 12.9. The molecule has 2 aromatic rings. The molecule has 0 radical (unpaired) electrons. The van der Waals surface area contributed by atoms with Crippen molar-refractivity contribution in [2.24, 2.45) is 0 Å². The molecule has 1 aliphatic heterocycles. The molecule has 3 amide bonds. The lowest BCUT2D eigenvalue weighted by atomic mass is 10.1. The van der Waals surface area contributed by atoms with Gasteiger partial charge in [-0.2, -0.15) is 0 Å². The van der Waals surface area contributed by atoms with E-state index in [4.69, 9.17) is 0 Å². The molecule has 1 fully saturated rings. The number of hydrogen-bond donors (Lipinski definition) is 1. The largest absolute Gasteiger partial charge is 0.349 e. The fourth-order valence-corrected chi connectivity index (χ4v) is 2.74. The Hall–Kier alpha value is -3.02. The number of nitrogens with zero attached hydrogens (tertiary/aromatic N) is 2. The van der Waals surface area contributed by atoms with Crippen molar-refractivity contribution >= 4 is 17.7 Å². The second-order valence-electron chi connectivity index (χ2n) is 6.06. The fourth-order valence-electron chi connectivity index (χ4n) is 2.74. The van der Waals surface area contributed by atoms with Gasteiger partial charge in [0.25, 0.3) is 17.7 Å². The third kappa shape index (κ3) is 2.56. The first-order valence-electron chi connectivity index (χ1n) is 7.83. The smallest absolute Gasteiger partial charge is 0.261 e. The maximum absolute atomic E-state index is 12.6. The van der Waals surface area contributed by atoms with E-state index in [0.717, 1.165) is 18.4 Å². The minimum Gasteiger partial charge on any atom is -0.349 e. The van der Waals surface area contributed by atoms with Crippen LogP contribution in [0.5, 0.6) is 0 Å². The Morgan fingerprint density at radius 1 is 1.08 bits per heavy atom. The van der Waals surface area contributed by atoms with Crippen LogP contribution < -0.4 is 5.32 Å². The molecule has 1 aliphatic carbocycles.